The van der Waals surface area contributed by atoms with E-state index in [2.05, 4.69) is 23.3 Å². The molecule has 0 aromatic rings. The minimum atomic E-state index is -5.11. The van der Waals surface area contributed by atoms with Crippen molar-refractivity contribution in [3.8, 4) is 0 Å². The maximum absolute atomic E-state index is 12.9. The van der Waals surface area contributed by atoms with Crippen LogP contribution in [-0.4, -0.2) is 107 Å². The van der Waals surface area contributed by atoms with Crippen LogP contribution in [0.15, 0.2) is 24.3 Å². The van der Waals surface area contributed by atoms with Gasteiger partial charge < -0.3 is 40.3 Å². The van der Waals surface area contributed by atoms with E-state index in [0.717, 1.165) is 44.9 Å². The molecule has 53 heavy (non-hydrogen) atoms. The van der Waals surface area contributed by atoms with Crippen LogP contribution in [0.4, 0.5) is 0 Å². The average molecular weight is 780 g/mol. The van der Waals surface area contributed by atoms with Crippen molar-refractivity contribution in [2.45, 2.75) is 204 Å². The molecule has 8 unspecified atom stereocenters. The van der Waals surface area contributed by atoms with E-state index >= 15 is 0 Å². The standard InChI is InChI=1S/C39H73NO12S/c1-3-5-7-9-11-13-14-15-16-17-18-19-20-22-23-25-27-32(42)31(40-38(46)33(43)28-26-24-21-12-10-8-6-4-2)30-50-39-36(45)37(52-53(47,48)49)35(44)34(29-41)51-39/h21,24-25,27,31-37,39,41-45H,3-20,22-23,26,28-30H2,1-2H3,(H,40,46)(H,47,48,49)/b24-21-,27-25+. The normalized spacial score (nSPS) is 22.8. The Hall–Kier alpha value is -1.46. The van der Waals surface area contributed by atoms with Crippen molar-refractivity contribution in [2.75, 3.05) is 13.2 Å². The van der Waals surface area contributed by atoms with Crippen LogP contribution in [0.5, 0.6) is 0 Å². The third kappa shape index (κ3) is 23.9. The number of unbranched alkanes of at least 4 members (excludes halogenated alkanes) is 18. The van der Waals surface area contributed by atoms with Crippen molar-refractivity contribution in [1.82, 2.24) is 5.32 Å². The molecule has 1 heterocycles. The summed E-state index contributed by atoms with van der Waals surface area (Å²) in [6, 6.07) is -1.13. The maximum Gasteiger partial charge on any atom is 0.397 e. The van der Waals surface area contributed by atoms with Crippen LogP contribution in [0.3, 0.4) is 0 Å². The minimum absolute atomic E-state index is 0.158. The molecule has 13 nitrogen and oxygen atoms in total. The fourth-order valence-corrected chi connectivity index (χ4v) is 6.79. The number of allylic oxidation sites excluding steroid dienone is 3. The molecule has 0 radical (unpaired) electrons. The van der Waals surface area contributed by atoms with Gasteiger partial charge in [-0.1, -0.05) is 141 Å². The van der Waals surface area contributed by atoms with Crippen LogP contribution < -0.4 is 5.32 Å². The van der Waals surface area contributed by atoms with Gasteiger partial charge in [0.25, 0.3) is 0 Å². The SMILES string of the molecule is CCCCCC/C=C\CCC(O)C(=O)NC(COC1OC(CO)C(O)C(OS(=O)(=O)O)C1O)C(O)/C=C/CCCCCCCCCCCCCCCC. The highest BCUT2D eigenvalue weighted by Gasteiger charge is 2.48. The molecule has 312 valence electrons. The fourth-order valence-electron chi connectivity index (χ4n) is 6.28. The summed E-state index contributed by atoms with van der Waals surface area (Å²) in [5.41, 5.74) is 0. The second-order valence-corrected chi connectivity index (χ2v) is 15.4. The van der Waals surface area contributed by atoms with Crippen molar-refractivity contribution in [1.29, 1.82) is 0 Å². The Balaban J connectivity index is 2.67. The van der Waals surface area contributed by atoms with E-state index in [1.807, 2.05) is 18.2 Å². The Morgan fingerprint density at radius 1 is 0.755 bits per heavy atom. The van der Waals surface area contributed by atoms with Crippen molar-refractivity contribution in [3.05, 3.63) is 24.3 Å². The highest BCUT2D eigenvalue weighted by Crippen LogP contribution is 2.26. The molecule has 1 rings (SSSR count). The van der Waals surface area contributed by atoms with Gasteiger partial charge in [0.15, 0.2) is 6.29 Å². The molecule has 1 aliphatic heterocycles. The number of amides is 1. The molecular formula is C39H73NO12S. The molecule has 1 fully saturated rings. The minimum Gasteiger partial charge on any atom is -0.394 e. The lowest BCUT2D eigenvalue weighted by Crippen LogP contribution is -2.61. The summed E-state index contributed by atoms with van der Waals surface area (Å²) in [5.74, 6) is -0.740. The summed E-state index contributed by atoms with van der Waals surface area (Å²) in [6.45, 7) is 3.11. The number of aliphatic hydroxyl groups excluding tert-OH is 5. The molecule has 1 saturated heterocycles. The number of nitrogens with one attached hydrogen (secondary N) is 1. The Bertz CT molecular complexity index is 1070. The van der Waals surface area contributed by atoms with Gasteiger partial charge in [0.1, 0.15) is 30.5 Å². The third-order valence-corrected chi connectivity index (χ3v) is 10.1. The zero-order valence-electron chi connectivity index (χ0n) is 32.4. The predicted octanol–water partition coefficient (Wildman–Crippen LogP) is 5.57. The van der Waals surface area contributed by atoms with Gasteiger partial charge in [0.05, 0.1) is 25.4 Å². The monoisotopic (exact) mass is 779 g/mol. The molecule has 0 saturated carbocycles. The van der Waals surface area contributed by atoms with E-state index in [-0.39, 0.29) is 6.42 Å². The first-order valence-electron chi connectivity index (χ1n) is 20.3. The van der Waals surface area contributed by atoms with Crippen LogP contribution in [-0.2, 0) is 28.9 Å². The molecule has 0 aromatic heterocycles. The smallest absolute Gasteiger partial charge is 0.394 e. The van der Waals surface area contributed by atoms with Crippen molar-refractivity contribution >= 4 is 16.3 Å². The van der Waals surface area contributed by atoms with E-state index in [4.69, 9.17) is 14.0 Å². The molecular weight excluding hydrogens is 706 g/mol. The van der Waals surface area contributed by atoms with Gasteiger partial charge in [-0.25, -0.2) is 4.18 Å². The number of rotatable bonds is 33. The molecule has 0 aromatic carbocycles. The summed E-state index contributed by atoms with van der Waals surface area (Å²) < 4.78 is 47.2. The summed E-state index contributed by atoms with van der Waals surface area (Å²) in [7, 11) is -5.11. The summed E-state index contributed by atoms with van der Waals surface area (Å²) in [5, 5.41) is 54.8. The van der Waals surface area contributed by atoms with Gasteiger partial charge in [-0.2, -0.15) is 8.42 Å². The Labute approximate surface area is 319 Å². The van der Waals surface area contributed by atoms with Crippen molar-refractivity contribution < 1.29 is 57.0 Å². The average Bonchev–Trinajstić information content (AvgIpc) is 3.12. The summed E-state index contributed by atoms with van der Waals surface area (Å²) >= 11 is 0. The van der Waals surface area contributed by atoms with Crippen LogP contribution in [0.1, 0.15) is 155 Å². The summed E-state index contributed by atoms with van der Waals surface area (Å²) in [6.07, 6.45) is 20.2. The van der Waals surface area contributed by atoms with Crippen LogP contribution in [0, 0.1) is 0 Å². The van der Waals surface area contributed by atoms with Gasteiger partial charge in [-0.3, -0.25) is 9.35 Å². The van der Waals surface area contributed by atoms with Crippen LogP contribution >= 0.6 is 0 Å². The molecule has 1 aliphatic rings. The largest absolute Gasteiger partial charge is 0.397 e. The van der Waals surface area contributed by atoms with Gasteiger partial charge in [0, 0.05) is 0 Å². The first-order chi connectivity index (χ1) is 25.4. The number of ether oxygens (including phenoxy) is 2. The second-order valence-electron chi connectivity index (χ2n) is 14.4. The zero-order valence-corrected chi connectivity index (χ0v) is 33.3. The molecule has 14 heteroatoms. The fraction of sp³-hybridized carbons (Fsp3) is 0.872. The van der Waals surface area contributed by atoms with Gasteiger partial charge >= 0.3 is 10.4 Å². The van der Waals surface area contributed by atoms with E-state index in [0.29, 0.717) is 12.8 Å². The zero-order chi connectivity index (χ0) is 39.3. The molecule has 0 bridgehead atoms. The van der Waals surface area contributed by atoms with E-state index in [1.165, 1.54) is 83.1 Å². The number of carbonyl (C=O) groups excluding carboxylic acids is 1. The second kappa shape index (κ2) is 30.7. The first kappa shape index (κ1) is 49.6. The van der Waals surface area contributed by atoms with Gasteiger partial charge in [-0.05, 0) is 38.5 Å². The van der Waals surface area contributed by atoms with Crippen LogP contribution in [0.2, 0.25) is 0 Å². The van der Waals surface area contributed by atoms with E-state index in [1.54, 1.807) is 0 Å². The molecule has 8 atom stereocenters. The lowest BCUT2D eigenvalue weighted by Gasteiger charge is -2.41. The third-order valence-electron chi connectivity index (χ3n) is 9.59. The molecule has 0 aliphatic carbocycles. The predicted molar refractivity (Wildman–Crippen MR) is 205 cm³/mol. The lowest BCUT2D eigenvalue weighted by atomic mass is 9.99. The first-order valence-corrected chi connectivity index (χ1v) is 21.7. The molecule has 1 amide bonds. The Morgan fingerprint density at radius 3 is 1.77 bits per heavy atom. The van der Waals surface area contributed by atoms with Gasteiger partial charge in [0.2, 0.25) is 5.91 Å². The number of hydrogen-bond acceptors (Lipinski definition) is 11. The Kier molecular flexibility index (Phi) is 28.7. The summed E-state index contributed by atoms with van der Waals surface area (Å²) in [4.78, 5) is 12.9. The lowest BCUT2D eigenvalue weighted by molar-refractivity contribution is -0.298. The Morgan fingerprint density at radius 2 is 1.25 bits per heavy atom. The highest BCUT2D eigenvalue weighted by atomic mass is 32.3. The van der Waals surface area contributed by atoms with Crippen LogP contribution in [0.25, 0.3) is 0 Å². The number of aliphatic hydroxyl groups is 5. The quantitative estimate of drug-likeness (QED) is 0.0248. The molecule has 7 N–H and O–H groups in total. The van der Waals surface area contributed by atoms with E-state index in [9.17, 15) is 38.7 Å². The topological polar surface area (TPSA) is 212 Å². The van der Waals surface area contributed by atoms with Gasteiger partial charge in [-0.15, -0.1) is 0 Å². The number of carbonyl (C=O) groups is 1. The number of hydrogen-bond donors (Lipinski definition) is 7. The van der Waals surface area contributed by atoms with E-state index < -0.39 is 78.5 Å². The maximum atomic E-state index is 12.9. The molecule has 0 spiro atoms. The van der Waals surface area contributed by atoms with Crippen molar-refractivity contribution in [3.63, 3.8) is 0 Å². The highest BCUT2D eigenvalue weighted by molar-refractivity contribution is 7.80. The van der Waals surface area contributed by atoms with Crippen molar-refractivity contribution in [2.24, 2.45) is 0 Å².